The molecule has 0 fully saturated rings. The van der Waals surface area contributed by atoms with Gasteiger partial charge in [0.1, 0.15) is 5.75 Å². The monoisotopic (exact) mass is 297 g/mol. The Labute approximate surface area is 134 Å². The van der Waals surface area contributed by atoms with Crippen molar-refractivity contribution in [1.82, 2.24) is 5.32 Å². The zero-order valence-corrected chi connectivity index (χ0v) is 13.8. The molecule has 118 valence electrons. The molecular formula is C20H27NO. The van der Waals surface area contributed by atoms with Crippen molar-refractivity contribution in [1.29, 1.82) is 0 Å². The van der Waals surface area contributed by atoms with E-state index in [9.17, 15) is 5.11 Å². The second-order valence-corrected chi connectivity index (χ2v) is 6.87. The molecule has 22 heavy (non-hydrogen) atoms. The highest BCUT2D eigenvalue weighted by molar-refractivity contribution is 5.35. The molecule has 1 atom stereocenters. The van der Waals surface area contributed by atoms with E-state index >= 15 is 0 Å². The number of nitrogens with one attached hydrogen (secondary N) is 1. The van der Waals surface area contributed by atoms with E-state index in [0.29, 0.717) is 11.7 Å². The molecule has 0 bridgehead atoms. The van der Waals surface area contributed by atoms with Crippen LogP contribution in [0.25, 0.3) is 0 Å². The van der Waals surface area contributed by atoms with Gasteiger partial charge in [-0.15, -0.1) is 0 Å². The Balaban J connectivity index is 2.07. The molecule has 2 nitrogen and oxygen atoms in total. The third kappa shape index (κ3) is 5.19. The second kappa shape index (κ2) is 7.46. The molecule has 2 aromatic rings. The van der Waals surface area contributed by atoms with E-state index in [-0.39, 0.29) is 5.54 Å². The molecular weight excluding hydrogens is 270 g/mol. The van der Waals surface area contributed by atoms with Crippen LogP contribution in [0.3, 0.4) is 0 Å². The summed E-state index contributed by atoms with van der Waals surface area (Å²) >= 11 is 0. The van der Waals surface area contributed by atoms with Crippen LogP contribution in [0.15, 0.2) is 54.6 Å². The number of aromatic hydroxyl groups is 1. The summed E-state index contributed by atoms with van der Waals surface area (Å²) in [5.74, 6) is 0.702. The van der Waals surface area contributed by atoms with Crippen LogP contribution in [0.4, 0.5) is 0 Å². The lowest BCUT2D eigenvalue weighted by Gasteiger charge is -2.22. The summed E-state index contributed by atoms with van der Waals surface area (Å²) in [7, 11) is 0. The Morgan fingerprint density at radius 3 is 2.09 bits per heavy atom. The first-order valence-corrected chi connectivity index (χ1v) is 8.04. The van der Waals surface area contributed by atoms with Crippen molar-refractivity contribution in [3.05, 3.63) is 65.7 Å². The molecule has 0 aliphatic carbocycles. The fraction of sp³-hybridized carbons (Fsp3) is 0.400. The van der Waals surface area contributed by atoms with Crippen molar-refractivity contribution in [2.75, 3.05) is 6.54 Å². The van der Waals surface area contributed by atoms with Crippen molar-refractivity contribution in [3.8, 4) is 5.75 Å². The average molecular weight is 297 g/mol. The SMILES string of the molecule is CC(C)(C)NCCCC(c1ccccc1)c1ccc(O)cc1. The van der Waals surface area contributed by atoms with Gasteiger partial charge in [-0.05, 0) is 63.4 Å². The first-order valence-electron chi connectivity index (χ1n) is 8.04. The van der Waals surface area contributed by atoms with Gasteiger partial charge in [0.25, 0.3) is 0 Å². The minimum Gasteiger partial charge on any atom is -0.508 e. The van der Waals surface area contributed by atoms with Gasteiger partial charge in [-0.1, -0.05) is 42.5 Å². The van der Waals surface area contributed by atoms with Crippen LogP contribution in [-0.4, -0.2) is 17.2 Å². The molecule has 2 rings (SSSR count). The highest BCUT2D eigenvalue weighted by Crippen LogP contribution is 2.30. The number of hydrogen-bond donors (Lipinski definition) is 2. The minimum atomic E-state index is 0.167. The summed E-state index contributed by atoms with van der Waals surface area (Å²) in [5, 5.41) is 13.1. The number of benzene rings is 2. The molecule has 2 N–H and O–H groups in total. The summed E-state index contributed by atoms with van der Waals surface area (Å²) in [6, 6.07) is 18.2. The zero-order chi connectivity index (χ0) is 16.0. The van der Waals surface area contributed by atoms with E-state index in [1.807, 2.05) is 12.1 Å². The fourth-order valence-corrected chi connectivity index (χ4v) is 2.69. The van der Waals surface area contributed by atoms with Gasteiger partial charge in [-0.3, -0.25) is 0 Å². The van der Waals surface area contributed by atoms with Crippen LogP contribution >= 0.6 is 0 Å². The molecule has 0 spiro atoms. The van der Waals surface area contributed by atoms with Gasteiger partial charge >= 0.3 is 0 Å². The van der Waals surface area contributed by atoms with Crippen LogP contribution in [-0.2, 0) is 0 Å². The summed E-state index contributed by atoms with van der Waals surface area (Å²) < 4.78 is 0. The van der Waals surface area contributed by atoms with Crippen LogP contribution < -0.4 is 5.32 Å². The number of hydrogen-bond acceptors (Lipinski definition) is 2. The van der Waals surface area contributed by atoms with Crippen molar-refractivity contribution < 1.29 is 5.11 Å². The quantitative estimate of drug-likeness (QED) is 0.758. The summed E-state index contributed by atoms with van der Waals surface area (Å²) in [5.41, 5.74) is 2.77. The van der Waals surface area contributed by atoms with E-state index in [1.165, 1.54) is 11.1 Å². The molecule has 2 heteroatoms. The minimum absolute atomic E-state index is 0.167. The zero-order valence-electron chi connectivity index (χ0n) is 13.8. The van der Waals surface area contributed by atoms with Gasteiger partial charge in [-0.2, -0.15) is 0 Å². The molecule has 1 unspecified atom stereocenters. The van der Waals surface area contributed by atoms with E-state index in [1.54, 1.807) is 12.1 Å². The molecule has 0 amide bonds. The lowest BCUT2D eigenvalue weighted by atomic mass is 9.87. The van der Waals surface area contributed by atoms with Crippen molar-refractivity contribution in [2.45, 2.75) is 45.1 Å². The molecule has 0 aliphatic rings. The Morgan fingerprint density at radius 2 is 1.50 bits per heavy atom. The van der Waals surface area contributed by atoms with Crippen LogP contribution in [0.1, 0.15) is 50.7 Å². The topological polar surface area (TPSA) is 32.3 Å². The molecule has 0 radical (unpaired) electrons. The first kappa shape index (κ1) is 16.6. The largest absolute Gasteiger partial charge is 0.508 e. The molecule has 0 aliphatic heterocycles. The van der Waals surface area contributed by atoms with Crippen molar-refractivity contribution in [3.63, 3.8) is 0 Å². The molecule has 0 aromatic heterocycles. The van der Waals surface area contributed by atoms with Gasteiger partial charge in [0, 0.05) is 11.5 Å². The van der Waals surface area contributed by atoms with E-state index in [2.05, 4.69) is 56.4 Å². The predicted molar refractivity (Wildman–Crippen MR) is 93.4 cm³/mol. The van der Waals surface area contributed by atoms with E-state index in [4.69, 9.17) is 0 Å². The maximum absolute atomic E-state index is 9.50. The van der Waals surface area contributed by atoms with E-state index < -0.39 is 0 Å². The standard InChI is InChI=1S/C20H27NO/c1-20(2,3)21-15-7-10-19(16-8-5-4-6-9-16)17-11-13-18(22)14-12-17/h4-6,8-9,11-14,19,21-22H,7,10,15H2,1-3H3. The normalized spacial score (nSPS) is 13.0. The van der Waals surface area contributed by atoms with Gasteiger partial charge < -0.3 is 10.4 Å². The fourth-order valence-electron chi connectivity index (χ4n) is 2.69. The number of phenols is 1. The third-order valence-electron chi connectivity index (χ3n) is 3.82. The average Bonchev–Trinajstić information content (AvgIpc) is 2.48. The lowest BCUT2D eigenvalue weighted by Crippen LogP contribution is -2.36. The molecule has 0 saturated heterocycles. The smallest absolute Gasteiger partial charge is 0.115 e. The first-order chi connectivity index (χ1) is 10.5. The van der Waals surface area contributed by atoms with Gasteiger partial charge in [-0.25, -0.2) is 0 Å². The van der Waals surface area contributed by atoms with Crippen LogP contribution in [0, 0.1) is 0 Å². The summed E-state index contributed by atoms with van der Waals surface area (Å²) in [6.45, 7) is 7.61. The lowest BCUT2D eigenvalue weighted by molar-refractivity contribution is 0.415. The van der Waals surface area contributed by atoms with Crippen molar-refractivity contribution >= 4 is 0 Å². The highest BCUT2D eigenvalue weighted by Gasteiger charge is 2.15. The van der Waals surface area contributed by atoms with Gasteiger partial charge in [0.2, 0.25) is 0 Å². The molecule has 0 heterocycles. The maximum atomic E-state index is 9.50. The summed E-state index contributed by atoms with van der Waals surface area (Å²) in [4.78, 5) is 0. The van der Waals surface area contributed by atoms with E-state index in [0.717, 1.165) is 19.4 Å². The maximum Gasteiger partial charge on any atom is 0.115 e. The predicted octanol–water partition coefficient (Wildman–Crippen LogP) is 4.69. The molecule has 2 aromatic carbocycles. The van der Waals surface area contributed by atoms with Crippen molar-refractivity contribution in [2.24, 2.45) is 0 Å². The number of phenolic OH excluding ortho intramolecular Hbond substituents is 1. The Kier molecular flexibility index (Phi) is 5.62. The Bertz CT molecular complexity index is 555. The van der Waals surface area contributed by atoms with Crippen LogP contribution in [0.5, 0.6) is 5.75 Å². The molecule has 0 saturated carbocycles. The Hall–Kier alpha value is -1.80. The second-order valence-electron chi connectivity index (χ2n) is 6.87. The van der Waals surface area contributed by atoms with Gasteiger partial charge in [0.05, 0.1) is 0 Å². The highest BCUT2D eigenvalue weighted by atomic mass is 16.3. The summed E-state index contributed by atoms with van der Waals surface area (Å²) in [6.07, 6.45) is 2.22. The third-order valence-corrected chi connectivity index (χ3v) is 3.82. The number of rotatable bonds is 6. The Morgan fingerprint density at radius 1 is 0.909 bits per heavy atom. The van der Waals surface area contributed by atoms with Crippen LogP contribution in [0.2, 0.25) is 0 Å². The van der Waals surface area contributed by atoms with Gasteiger partial charge in [0.15, 0.2) is 0 Å².